The highest BCUT2D eigenvalue weighted by Crippen LogP contribution is 2.32. The summed E-state index contributed by atoms with van der Waals surface area (Å²) in [5.74, 6) is -3.00. The molecule has 0 unspecified atom stereocenters. The molecule has 2 rings (SSSR count). The summed E-state index contributed by atoms with van der Waals surface area (Å²) in [6.45, 7) is 0.147. The molecule has 9 heteroatoms. The predicted molar refractivity (Wildman–Crippen MR) is 72.4 cm³/mol. The van der Waals surface area contributed by atoms with Crippen molar-refractivity contribution in [1.29, 1.82) is 0 Å². The average Bonchev–Trinajstić information content (AvgIpc) is 2.45. The number of hydrogen-bond acceptors (Lipinski definition) is 3. The molecule has 0 aliphatic carbocycles. The van der Waals surface area contributed by atoms with Crippen LogP contribution in [0.5, 0.6) is 0 Å². The first-order chi connectivity index (χ1) is 10.3. The fraction of sp³-hybridized carbons (Fsp3) is 0.385. The number of carbonyl (C=O) groups excluding carboxylic acids is 2. The highest BCUT2D eigenvalue weighted by Gasteiger charge is 2.37. The monoisotopic (exact) mass is 336 g/mol. The lowest BCUT2D eigenvalue weighted by atomic mass is 10.0. The van der Waals surface area contributed by atoms with Gasteiger partial charge in [0.1, 0.15) is 11.9 Å². The Morgan fingerprint density at radius 3 is 2.68 bits per heavy atom. The van der Waals surface area contributed by atoms with E-state index in [0.29, 0.717) is 0 Å². The van der Waals surface area contributed by atoms with E-state index >= 15 is 0 Å². The van der Waals surface area contributed by atoms with E-state index in [1.165, 1.54) is 18.2 Å². The molecule has 0 bridgehead atoms. The van der Waals surface area contributed by atoms with Crippen LogP contribution < -0.4 is 5.32 Å². The zero-order valence-corrected chi connectivity index (χ0v) is 12.0. The Balaban J connectivity index is 2.22. The number of hydrogen-bond donors (Lipinski definition) is 1. The first-order valence-electron chi connectivity index (χ1n) is 6.32. The Kier molecular flexibility index (Phi) is 4.94. The maximum atomic E-state index is 13.9. The predicted octanol–water partition coefficient (Wildman–Crippen LogP) is 2.08. The van der Waals surface area contributed by atoms with Gasteiger partial charge < -0.3 is 10.2 Å². The lowest BCUT2D eigenvalue weighted by molar-refractivity contribution is -0.141. The van der Waals surface area contributed by atoms with E-state index in [9.17, 15) is 27.2 Å². The molecule has 1 aromatic carbocycles. The van der Waals surface area contributed by atoms with Crippen molar-refractivity contribution in [3.8, 4) is 0 Å². The minimum atomic E-state index is -4.54. The van der Waals surface area contributed by atoms with E-state index in [1.807, 2.05) is 0 Å². The molecule has 4 nitrogen and oxygen atoms in total. The van der Waals surface area contributed by atoms with Crippen LogP contribution in [0.3, 0.4) is 0 Å². The Labute approximate surface area is 127 Å². The fourth-order valence-electron chi connectivity index (χ4n) is 2.17. The minimum Gasteiger partial charge on any atom is -0.352 e. The summed E-state index contributed by atoms with van der Waals surface area (Å²) in [7, 11) is 0. The highest BCUT2D eigenvalue weighted by molar-refractivity contribution is 8.00. The van der Waals surface area contributed by atoms with Gasteiger partial charge in [0, 0.05) is 18.7 Å². The van der Waals surface area contributed by atoms with E-state index < -0.39 is 46.7 Å². The molecule has 1 fully saturated rings. The van der Waals surface area contributed by atoms with Gasteiger partial charge in [0.2, 0.25) is 11.8 Å². The van der Waals surface area contributed by atoms with Crippen molar-refractivity contribution in [2.75, 3.05) is 18.8 Å². The van der Waals surface area contributed by atoms with Crippen LogP contribution in [0.2, 0.25) is 0 Å². The Morgan fingerprint density at radius 2 is 2.05 bits per heavy atom. The number of nitrogens with one attached hydrogen (secondary N) is 1. The van der Waals surface area contributed by atoms with Crippen molar-refractivity contribution in [2.45, 2.75) is 11.6 Å². The van der Waals surface area contributed by atoms with Gasteiger partial charge in [-0.25, -0.2) is 4.39 Å². The van der Waals surface area contributed by atoms with Crippen molar-refractivity contribution in [2.24, 2.45) is 0 Å². The Morgan fingerprint density at radius 1 is 1.36 bits per heavy atom. The van der Waals surface area contributed by atoms with Crippen LogP contribution in [0.25, 0.3) is 0 Å². The van der Waals surface area contributed by atoms with Crippen molar-refractivity contribution in [3.05, 3.63) is 35.6 Å². The van der Waals surface area contributed by atoms with Crippen LogP contribution in [0.1, 0.15) is 11.6 Å². The molecule has 0 aromatic heterocycles. The summed E-state index contributed by atoms with van der Waals surface area (Å²) in [4.78, 5) is 24.9. The van der Waals surface area contributed by atoms with Crippen molar-refractivity contribution < 1.29 is 27.2 Å². The SMILES string of the molecule is O=C1NCCN(C(=O)CSC(F)(F)F)[C@@H]1c1ccccc1F. The van der Waals surface area contributed by atoms with Gasteiger partial charge in [-0.1, -0.05) is 18.2 Å². The van der Waals surface area contributed by atoms with E-state index in [4.69, 9.17) is 0 Å². The third-order valence-corrected chi connectivity index (χ3v) is 3.81. The van der Waals surface area contributed by atoms with Crippen LogP contribution in [-0.4, -0.2) is 41.1 Å². The number of nitrogens with zero attached hydrogens (tertiary/aromatic N) is 1. The number of halogens is 4. The van der Waals surface area contributed by atoms with E-state index in [-0.39, 0.29) is 18.7 Å². The summed E-state index contributed by atoms with van der Waals surface area (Å²) in [5.41, 5.74) is -4.58. The van der Waals surface area contributed by atoms with Gasteiger partial charge in [-0.05, 0) is 17.8 Å². The average molecular weight is 336 g/mol. The normalized spacial score (nSPS) is 19.0. The molecule has 22 heavy (non-hydrogen) atoms. The molecule has 1 aromatic rings. The zero-order valence-electron chi connectivity index (χ0n) is 11.2. The van der Waals surface area contributed by atoms with Crippen LogP contribution in [0.15, 0.2) is 24.3 Å². The maximum absolute atomic E-state index is 13.9. The van der Waals surface area contributed by atoms with Gasteiger partial charge in [0.15, 0.2) is 0 Å². The van der Waals surface area contributed by atoms with Crippen molar-refractivity contribution in [3.63, 3.8) is 0 Å². The first-order valence-corrected chi connectivity index (χ1v) is 7.30. The molecule has 1 heterocycles. The van der Waals surface area contributed by atoms with Gasteiger partial charge in [0.05, 0.1) is 5.75 Å². The van der Waals surface area contributed by atoms with Crippen molar-refractivity contribution >= 4 is 23.6 Å². The first kappa shape index (κ1) is 16.6. The number of alkyl halides is 3. The molecule has 2 amide bonds. The summed E-state index contributed by atoms with van der Waals surface area (Å²) >= 11 is -0.479. The summed E-state index contributed by atoms with van der Waals surface area (Å²) in [5, 5.41) is 2.49. The number of amides is 2. The van der Waals surface area contributed by atoms with Gasteiger partial charge in [0.25, 0.3) is 0 Å². The van der Waals surface area contributed by atoms with E-state index in [1.54, 1.807) is 0 Å². The quantitative estimate of drug-likeness (QED) is 0.860. The molecule has 0 spiro atoms. The molecule has 1 aliphatic rings. The van der Waals surface area contributed by atoms with Gasteiger partial charge in [-0.15, -0.1) is 0 Å². The molecule has 0 radical (unpaired) electrons. The second-order valence-corrected chi connectivity index (χ2v) is 5.58. The minimum absolute atomic E-state index is 0.0298. The van der Waals surface area contributed by atoms with Gasteiger partial charge in [-0.3, -0.25) is 9.59 Å². The maximum Gasteiger partial charge on any atom is 0.442 e. The van der Waals surface area contributed by atoms with Crippen LogP contribution in [0.4, 0.5) is 17.6 Å². The standard InChI is InChI=1S/C13H12F4N2O2S/c14-9-4-2-1-3-8(9)11-12(21)18-5-6-19(11)10(20)7-22-13(15,16)17/h1-4,11H,5-7H2,(H,18,21)/t11-/m1/s1. The lowest BCUT2D eigenvalue weighted by Gasteiger charge is -2.35. The number of rotatable bonds is 3. The van der Waals surface area contributed by atoms with Gasteiger partial charge in [-0.2, -0.15) is 13.2 Å². The lowest BCUT2D eigenvalue weighted by Crippen LogP contribution is -2.53. The van der Waals surface area contributed by atoms with Crippen LogP contribution >= 0.6 is 11.8 Å². The topological polar surface area (TPSA) is 49.4 Å². The third-order valence-electron chi connectivity index (χ3n) is 3.09. The Hall–Kier alpha value is -1.77. The second kappa shape index (κ2) is 6.55. The molecule has 1 atom stereocenters. The smallest absolute Gasteiger partial charge is 0.352 e. The number of benzene rings is 1. The molecular weight excluding hydrogens is 324 g/mol. The van der Waals surface area contributed by atoms with E-state index in [0.717, 1.165) is 11.0 Å². The van der Waals surface area contributed by atoms with Crippen LogP contribution in [0, 0.1) is 5.82 Å². The number of thioether (sulfide) groups is 1. The molecule has 120 valence electrons. The molecule has 1 saturated heterocycles. The van der Waals surface area contributed by atoms with Crippen molar-refractivity contribution in [1.82, 2.24) is 10.2 Å². The molecule has 1 N–H and O–H groups in total. The molecular formula is C13H12F4N2O2S. The largest absolute Gasteiger partial charge is 0.442 e. The van der Waals surface area contributed by atoms with Gasteiger partial charge >= 0.3 is 5.51 Å². The molecule has 0 saturated carbocycles. The summed E-state index contributed by atoms with van der Waals surface area (Å²) in [6, 6.07) is 4.13. The Bertz CT molecular complexity index is 579. The molecule has 1 aliphatic heterocycles. The summed E-state index contributed by atoms with van der Waals surface area (Å²) in [6.07, 6.45) is 0. The van der Waals surface area contributed by atoms with E-state index in [2.05, 4.69) is 5.32 Å². The number of carbonyl (C=O) groups is 2. The highest BCUT2D eigenvalue weighted by atomic mass is 32.2. The summed E-state index contributed by atoms with van der Waals surface area (Å²) < 4.78 is 50.4. The zero-order chi connectivity index (χ0) is 16.3. The number of piperazine rings is 1. The third kappa shape index (κ3) is 3.90. The fourth-order valence-corrected chi connectivity index (χ4v) is 2.62. The van der Waals surface area contributed by atoms with Crippen LogP contribution in [-0.2, 0) is 9.59 Å². The second-order valence-electron chi connectivity index (χ2n) is 4.54.